The fourth-order valence-corrected chi connectivity index (χ4v) is 4.48. The minimum Gasteiger partial charge on any atom is -0.336 e. The highest BCUT2D eigenvalue weighted by molar-refractivity contribution is 6.34. The molecule has 0 spiro atoms. The predicted molar refractivity (Wildman–Crippen MR) is 114 cm³/mol. The number of fused-ring (bicyclic) bond motifs is 1. The molecule has 156 valence electrons. The van der Waals surface area contributed by atoms with Gasteiger partial charge >= 0.3 is 0 Å². The topological polar surface area (TPSA) is 54.7 Å². The van der Waals surface area contributed by atoms with Gasteiger partial charge in [-0.2, -0.15) is 0 Å². The normalized spacial score (nSPS) is 14.8. The van der Waals surface area contributed by atoms with Gasteiger partial charge < -0.3 is 4.90 Å². The Kier molecular flexibility index (Phi) is 5.86. The molecule has 2 heterocycles. The van der Waals surface area contributed by atoms with E-state index in [9.17, 15) is 14.0 Å². The van der Waals surface area contributed by atoms with Gasteiger partial charge in [-0.05, 0) is 44.0 Å². The predicted octanol–water partition coefficient (Wildman–Crippen LogP) is 5.15. The van der Waals surface area contributed by atoms with Crippen molar-refractivity contribution in [1.82, 2.24) is 14.3 Å². The highest BCUT2D eigenvalue weighted by Crippen LogP contribution is 2.27. The summed E-state index contributed by atoms with van der Waals surface area (Å²) in [5, 5.41) is 0.236. The summed E-state index contributed by atoms with van der Waals surface area (Å²) in [6.07, 6.45) is 8.14. The van der Waals surface area contributed by atoms with Crippen molar-refractivity contribution in [2.45, 2.75) is 45.1 Å². The molecule has 3 aromatic rings. The number of carbonyl (C=O) groups excluding carboxylic acids is 2. The van der Waals surface area contributed by atoms with Crippen LogP contribution in [0, 0.1) is 5.82 Å². The van der Waals surface area contributed by atoms with Crippen molar-refractivity contribution >= 4 is 28.9 Å². The lowest BCUT2D eigenvalue weighted by molar-refractivity contribution is 0.0648. The van der Waals surface area contributed by atoms with E-state index in [-0.39, 0.29) is 28.4 Å². The minimum atomic E-state index is -0.462. The third kappa shape index (κ3) is 3.84. The van der Waals surface area contributed by atoms with Crippen LogP contribution in [0.1, 0.15) is 65.4 Å². The Bertz CT molecular complexity index is 1110. The van der Waals surface area contributed by atoms with Crippen LogP contribution in [0.3, 0.4) is 0 Å². The van der Waals surface area contributed by atoms with Crippen LogP contribution in [0.5, 0.6) is 0 Å². The molecule has 1 fully saturated rings. The van der Waals surface area contributed by atoms with E-state index in [1.54, 1.807) is 12.1 Å². The van der Waals surface area contributed by atoms with Crippen LogP contribution in [-0.2, 0) is 0 Å². The standard InChI is InChI=1S/C23H23ClFN3O2/c1-2-27(17-6-4-3-5-7-17)23(30)18-10-8-15(12-19(18)24)22(29)20-13-26-21-11-9-16(25)14-28(20)21/h8-14,17H,2-7H2,1H3. The molecular weight excluding hydrogens is 405 g/mol. The molecule has 0 saturated heterocycles. The summed E-state index contributed by atoms with van der Waals surface area (Å²) in [6, 6.07) is 7.74. The smallest absolute Gasteiger partial charge is 0.255 e. The SMILES string of the molecule is CCN(C(=O)c1ccc(C(=O)c2cnc3ccc(F)cn23)cc1Cl)C1CCCCC1. The maximum absolute atomic E-state index is 13.6. The highest BCUT2D eigenvalue weighted by atomic mass is 35.5. The van der Waals surface area contributed by atoms with Crippen molar-refractivity contribution in [2.24, 2.45) is 0 Å². The van der Waals surface area contributed by atoms with E-state index in [2.05, 4.69) is 4.98 Å². The molecular formula is C23H23ClFN3O2. The van der Waals surface area contributed by atoms with E-state index in [4.69, 9.17) is 11.6 Å². The second-order valence-corrected chi connectivity index (χ2v) is 8.03. The second-order valence-electron chi connectivity index (χ2n) is 7.63. The molecule has 0 aliphatic heterocycles. The first-order valence-corrected chi connectivity index (χ1v) is 10.6. The Hall–Kier alpha value is -2.73. The largest absolute Gasteiger partial charge is 0.336 e. The molecule has 0 radical (unpaired) electrons. The maximum atomic E-state index is 13.6. The first-order chi connectivity index (χ1) is 14.5. The molecule has 1 aliphatic carbocycles. The summed E-state index contributed by atoms with van der Waals surface area (Å²) in [7, 11) is 0. The Morgan fingerprint density at radius 1 is 1.20 bits per heavy atom. The summed E-state index contributed by atoms with van der Waals surface area (Å²) < 4.78 is 15.0. The third-order valence-electron chi connectivity index (χ3n) is 5.78. The number of aromatic nitrogens is 2. The van der Waals surface area contributed by atoms with E-state index in [1.807, 2.05) is 11.8 Å². The van der Waals surface area contributed by atoms with Gasteiger partial charge in [0.1, 0.15) is 17.2 Å². The molecule has 30 heavy (non-hydrogen) atoms. The van der Waals surface area contributed by atoms with Crippen LogP contribution in [0.25, 0.3) is 5.65 Å². The Morgan fingerprint density at radius 2 is 1.97 bits per heavy atom. The van der Waals surface area contributed by atoms with E-state index >= 15 is 0 Å². The molecule has 5 nitrogen and oxygen atoms in total. The van der Waals surface area contributed by atoms with Gasteiger partial charge in [0.05, 0.1) is 16.8 Å². The Balaban J connectivity index is 1.61. The molecule has 0 N–H and O–H groups in total. The van der Waals surface area contributed by atoms with Crippen molar-refractivity contribution in [3.63, 3.8) is 0 Å². The molecule has 2 aromatic heterocycles. The maximum Gasteiger partial charge on any atom is 0.255 e. The number of pyridine rings is 1. The van der Waals surface area contributed by atoms with Crippen molar-refractivity contribution in [2.75, 3.05) is 6.54 Å². The van der Waals surface area contributed by atoms with Crippen molar-refractivity contribution < 1.29 is 14.0 Å². The van der Waals surface area contributed by atoms with Gasteiger partial charge in [0.2, 0.25) is 5.78 Å². The Labute approximate surface area is 179 Å². The number of carbonyl (C=O) groups is 2. The van der Waals surface area contributed by atoms with Crippen LogP contribution < -0.4 is 0 Å². The summed E-state index contributed by atoms with van der Waals surface area (Å²) in [5.74, 6) is -0.908. The molecule has 0 unspecified atom stereocenters. The highest BCUT2D eigenvalue weighted by Gasteiger charge is 2.27. The lowest BCUT2D eigenvalue weighted by atomic mass is 9.93. The molecule has 4 rings (SSSR count). The fraction of sp³-hybridized carbons (Fsp3) is 0.348. The lowest BCUT2D eigenvalue weighted by Gasteiger charge is -2.33. The number of ketones is 1. The van der Waals surface area contributed by atoms with Gasteiger partial charge in [-0.15, -0.1) is 0 Å². The van der Waals surface area contributed by atoms with Crippen LogP contribution in [0.4, 0.5) is 4.39 Å². The van der Waals surface area contributed by atoms with Crippen LogP contribution in [0.15, 0.2) is 42.7 Å². The van der Waals surface area contributed by atoms with Gasteiger partial charge in [-0.1, -0.05) is 36.9 Å². The molecule has 1 saturated carbocycles. The number of amides is 1. The van der Waals surface area contributed by atoms with E-state index < -0.39 is 5.82 Å². The van der Waals surface area contributed by atoms with Crippen molar-refractivity contribution in [1.29, 1.82) is 0 Å². The van der Waals surface area contributed by atoms with Gasteiger partial charge in [-0.25, -0.2) is 9.37 Å². The lowest BCUT2D eigenvalue weighted by Crippen LogP contribution is -2.41. The number of benzene rings is 1. The molecule has 7 heteroatoms. The summed E-state index contributed by atoms with van der Waals surface area (Å²) in [5.41, 5.74) is 1.42. The van der Waals surface area contributed by atoms with E-state index in [1.165, 1.54) is 41.4 Å². The minimum absolute atomic E-state index is 0.106. The first kappa shape index (κ1) is 20.5. The van der Waals surface area contributed by atoms with Crippen molar-refractivity contribution in [3.05, 3.63) is 70.4 Å². The monoisotopic (exact) mass is 427 g/mol. The molecule has 0 bridgehead atoms. The number of imidazole rings is 1. The number of halogens is 2. The van der Waals surface area contributed by atoms with Crippen LogP contribution >= 0.6 is 11.6 Å². The zero-order valence-corrected chi connectivity index (χ0v) is 17.5. The number of hydrogen-bond donors (Lipinski definition) is 0. The summed E-state index contributed by atoms with van der Waals surface area (Å²) >= 11 is 6.43. The first-order valence-electron chi connectivity index (χ1n) is 10.3. The van der Waals surface area contributed by atoms with Crippen molar-refractivity contribution in [3.8, 4) is 0 Å². The Morgan fingerprint density at radius 3 is 2.67 bits per heavy atom. The third-order valence-corrected chi connectivity index (χ3v) is 6.09. The summed E-state index contributed by atoms with van der Waals surface area (Å²) in [6.45, 7) is 2.59. The molecule has 1 aliphatic rings. The number of rotatable bonds is 5. The zero-order chi connectivity index (χ0) is 21.3. The van der Waals surface area contributed by atoms with Gasteiger partial charge in [0, 0.05) is 24.3 Å². The van der Waals surface area contributed by atoms with E-state index in [0.717, 1.165) is 25.7 Å². The average Bonchev–Trinajstić information content (AvgIpc) is 3.17. The molecule has 1 aromatic carbocycles. The van der Waals surface area contributed by atoms with Gasteiger partial charge in [-0.3, -0.25) is 14.0 Å². The van der Waals surface area contributed by atoms with Crippen LogP contribution in [-0.4, -0.2) is 38.6 Å². The number of hydrogen-bond acceptors (Lipinski definition) is 3. The van der Waals surface area contributed by atoms with Gasteiger partial charge in [0.25, 0.3) is 5.91 Å². The second kappa shape index (κ2) is 8.56. The summed E-state index contributed by atoms with van der Waals surface area (Å²) in [4.78, 5) is 32.1. The zero-order valence-electron chi connectivity index (χ0n) is 16.8. The fourth-order valence-electron chi connectivity index (χ4n) is 4.22. The number of nitrogens with zero attached hydrogens (tertiary/aromatic N) is 3. The molecule has 0 atom stereocenters. The van der Waals surface area contributed by atoms with Crippen LogP contribution in [0.2, 0.25) is 5.02 Å². The van der Waals surface area contributed by atoms with E-state index in [0.29, 0.717) is 23.3 Å². The molecule has 1 amide bonds. The van der Waals surface area contributed by atoms with Gasteiger partial charge in [0.15, 0.2) is 0 Å². The quantitative estimate of drug-likeness (QED) is 0.529. The average molecular weight is 428 g/mol.